The van der Waals surface area contributed by atoms with Crippen molar-refractivity contribution in [3.8, 4) is 0 Å². The Labute approximate surface area is 124 Å². The molecule has 0 bridgehead atoms. The van der Waals surface area contributed by atoms with Crippen LogP contribution in [0.4, 0.5) is 8.78 Å². The lowest BCUT2D eigenvalue weighted by atomic mass is 10.0. The summed E-state index contributed by atoms with van der Waals surface area (Å²) in [5.41, 5.74) is 4.15. The minimum absolute atomic E-state index is 0.249. The van der Waals surface area contributed by atoms with E-state index in [0.29, 0.717) is 0 Å². The molecule has 0 amide bonds. The molecule has 1 unspecified atom stereocenters. The molecule has 0 saturated carbocycles. The van der Waals surface area contributed by atoms with E-state index in [4.69, 9.17) is 5.84 Å². The molecule has 0 aliphatic carbocycles. The van der Waals surface area contributed by atoms with E-state index in [1.807, 2.05) is 11.8 Å². The van der Waals surface area contributed by atoms with E-state index in [1.165, 1.54) is 16.5 Å². The molecule has 6 heteroatoms. The smallest absolute Gasteiger partial charge is 0.164 e. The number of fused-ring (bicyclic) bond motifs is 1. The van der Waals surface area contributed by atoms with Crippen molar-refractivity contribution in [2.45, 2.75) is 18.2 Å². The minimum Gasteiger partial charge on any atom is -0.271 e. The molecule has 3 rings (SSSR count). The van der Waals surface area contributed by atoms with E-state index in [0.717, 1.165) is 28.9 Å². The quantitative estimate of drug-likeness (QED) is 0.674. The van der Waals surface area contributed by atoms with Gasteiger partial charge in [0, 0.05) is 21.1 Å². The highest BCUT2D eigenvalue weighted by molar-refractivity contribution is 7.98. The number of thioether (sulfide) groups is 1. The van der Waals surface area contributed by atoms with Crippen molar-refractivity contribution < 1.29 is 8.78 Å². The van der Waals surface area contributed by atoms with Gasteiger partial charge in [0.05, 0.1) is 6.04 Å². The van der Waals surface area contributed by atoms with Crippen LogP contribution in [-0.4, -0.2) is 5.75 Å². The van der Waals surface area contributed by atoms with Crippen molar-refractivity contribution in [1.29, 1.82) is 0 Å². The summed E-state index contributed by atoms with van der Waals surface area (Å²) in [7, 11) is 0. The Morgan fingerprint density at radius 2 is 2.15 bits per heavy atom. The SMILES string of the molecule is NNC(c1cc2c(s1)CCSC2)c1cccc(F)c1F. The normalized spacial score (nSPS) is 15.9. The summed E-state index contributed by atoms with van der Waals surface area (Å²) in [6.07, 6.45) is 1.04. The maximum Gasteiger partial charge on any atom is 0.164 e. The monoisotopic (exact) mass is 312 g/mol. The van der Waals surface area contributed by atoms with Gasteiger partial charge in [0.1, 0.15) is 0 Å². The first-order valence-corrected chi connectivity index (χ1v) is 8.27. The van der Waals surface area contributed by atoms with Gasteiger partial charge in [0.2, 0.25) is 0 Å². The molecule has 1 aliphatic rings. The van der Waals surface area contributed by atoms with Crippen LogP contribution in [0.2, 0.25) is 0 Å². The van der Waals surface area contributed by atoms with Crippen LogP contribution >= 0.6 is 23.1 Å². The molecule has 2 nitrogen and oxygen atoms in total. The van der Waals surface area contributed by atoms with Crippen molar-refractivity contribution in [1.82, 2.24) is 5.43 Å². The molecule has 1 atom stereocenters. The molecule has 106 valence electrons. The van der Waals surface area contributed by atoms with Crippen LogP contribution in [0.25, 0.3) is 0 Å². The molecule has 0 saturated heterocycles. The number of nitrogens with one attached hydrogen (secondary N) is 1. The zero-order chi connectivity index (χ0) is 14.1. The Morgan fingerprint density at radius 3 is 2.90 bits per heavy atom. The number of nitrogens with two attached hydrogens (primary N) is 1. The van der Waals surface area contributed by atoms with E-state index < -0.39 is 17.7 Å². The number of rotatable bonds is 3. The van der Waals surface area contributed by atoms with Gasteiger partial charge in [-0.25, -0.2) is 14.2 Å². The van der Waals surface area contributed by atoms with Gasteiger partial charge in [-0.05, 0) is 29.9 Å². The first-order valence-electron chi connectivity index (χ1n) is 6.30. The number of hydrogen-bond acceptors (Lipinski definition) is 4. The number of aryl methyl sites for hydroxylation is 1. The fourth-order valence-electron chi connectivity index (χ4n) is 2.38. The highest BCUT2D eigenvalue weighted by Crippen LogP contribution is 2.37. The molecule has 1 aromatic carbocycles. The van der Waals surface area contributed by atoms with Crippen LogP contribution in [-0.2, 0) is 12.2 Å². The Bertz CT molecular complexity index is 604. The molecular weight excluding hydrogens is 298 g/mol. The predicted octanol–water partition coefficient (Wildman–Crippen LogP) is 3.37. The van der Waals surface area contributed by atoms with E-state index in [9.17, 15) is 8.78 Å². The molecule has 2 aromatic rings. The highest BCUT2D eigenvalue weighted by Gasteiger charge is 2.23. The summed E-state index contributed by atoms with van der Waals surface area (Å²) in [6, 6.07) is 5.73. The summed E-state index contributed by atoms with van der Waals surface area (Å²) in [4.78, 5) is 2.26. The molecule has 1 aromatic heterocycles. The Hall–Kier alpha value is -0.950. The second-order valence-electron chi connectivity index (χ2n) is 4.64. The minimum atomic E-state index is -0.848. The van der Waals surface area contributed by atoms with E-state index >= 15 is 0 Å². The Kier molecular flexibility index (Phi) is 4.07. The number of hydrogen-bond donors (Lipinski definition) is 2. The summed E-state index contributed by atoms with van der Waals surface area (Å²) in [6.45, 7) is 0. The number of thiophene rings is 1. The summed E-state index contributed by atoms with van der Waals surface area (Å²) < 4.78 is 27.3. The second-order valence-corrected chi connectivity index (χ2v) is 6.92. The molecule has 0 spiro atoms. The molecule has 3 N–H and O–H groups in total. The topological polar surface area (TPSA) is 38.0 Å². The van der Waals surface area contributed by atoms with Crippen LogP contribution in [0.1, 0.15) is 26.9 Å². The zero-order valence-electron chi connectivity index (χ0n) is 10.7. The number of benzene rings is 1. The molecule has 20 heavy (non-hydrogen) atoms. The zero-order valence-corrected chi connectivity index (χ0v) is 12.3. The molecular formula is C14H14F2N2S2. The van der Waals surface area contributed by atoms with Crippen LogP contribution in [0, 0.1) is 11.6 Å². The van der Waals surface area contributed by atoms with Crippen LogP contribution < -0.4 is 11.3 Å². The number of hydrazine groups is 1. The molecule has 0 radical (unpaired) electrons. The third kappa shape index (κ3) is 2.48. The summed E-state index contributed by atoms with van der Waals surface area (Å²) in [5, 5.41) is 0. The van der Waals surface area contributed by atoms with Crippen molar-refractivity contribution in [3.63, 3.8) is 0 Å². The summed E-state index contributed by atoms with van der Waals surface area (Å²) in [5.74, 6) is 5.99. The fourth-order valence-corrected chi connectivity index (χ4v) is 4.84. The van der Waals surface area contributed by atoms with Crippen molar-refractivity contribution in [2.75, 3.05) is 5.75 Å². The van der Waals surface area contributed by atoms with E-state index in [-0.39, 0.29) is 5.56 Å². The lowest BCUT2D eigenvalue weighted by molar-refractivity contribution is 0.484. The van der Waals surface area contributed by atoms with Crippen molar-refractivity contribution in [3.05, 3.63) is 56.8 Å². The Balaban J connectivity index is 2.01. The number of halogens is 2. The molecule has 0 fully saturated rings. The molecule has 1 aliphatic heterocycles. The lowest BCUT2D eigenvalue weighted by Crippen LogP contribution is -2.29. The van der Waals surface area contributed by atoms with Gasteiger partial charge in [-0.3, -0.25) is 5.84 Å². The first kappa shape index (κ1) is 14.0. The lowest BCUT2D eigenvalue weighted by Gasteiger charge is -2.15. The van der Waals surface area contributed by atoms with E-state index in [2.05, 4.69) is 11.5 Å². The average molecular weight is 312 g/mol. The second kappa shape index (κ2) is 5.81. The third-order valence-corrected chi connectivity index (χ3v) is 5.70. The van der Waals surface area contributed by atoms with Crippen molar-refractivity contribution in [2.24, 2.45) is 5.84 Å². The van der Waals surface area contributed by atoms with Crippen molar-refractivity contribution >= 4 is 23.1 Å². The van der Waals surface area contributed by atoms with Gasteiger partial charge in [-0.1, -0.05) is 12.1 Å². The largest absolute Gasteiger partial charge is 0.271 e. The molecule has 2 heterocycles. The Morgan fingerprint density at radius 1 is 1.30 bits per heavy atom. The maximum atomic E-state index is 13.9. The van der Waals surface area contributed by atoms with Gasteiger partial charge < -0.3 is 0 Å². The van der Waals surface area contributed by atoms with Gasteiger partial charge in [0.15, 0.2) is 11.6 Å². The fraction of sp³-hybridized carbons (Fsp3) is 0.286. The van der Waals surface area contributed by atoms with Crippen LogP contribution in [0.5, 0.6) is 0 Å². The first-order chi connectivity index (χ1) is 9.70. The highest BCUT2D eigenvalue weighted by atomic mass is 32.2. The predicted molar refractivity (Wildman–Crippen MR) is 79.7 cm³/mol. The standard InChI is InChI=1S/C14H14F2N2S2/c15-10-3-1-2-9(13(10)16)14(18-17)12-6-8-7-19-5-4-11(8)20-12/h1-3,6,14,18H,4-5,7,17H2. The van der Waals surface area contributed by atoms with Crippen LogP contribution in [0.15, 0.2) is 24.3 Å². The van der Waals surface area contributed by atoms with Gasteiger partial charge in [-0.2, -0.15) is 11.8 Å². The van der Waals surface area contributed by atoms with Crippen LogP contribution in [0.3, 0.4) is 0 Å². The summed E-state index contributed by atoms with van der Waals surface area (Å²) >= 11 is 3.53. The average Bonchev–Trinajstić information content (AvgIpc) is 2.87. The van der Waals surface area contributed by atoms with Gasteiger partial charge in [-0.15, -0.1) is 11.3 Å². The van der Waals surface area contributed by atoms with E-state index in [1.54, 1.807) is 17.4 Å². The van der Waals surface area contributed by atoms with Gasteiger partial charge >= 0.3 is 0 Å². The van der Waals surface area contributed by atoms with Gasteiger partial charge in [0.25, 0.3) is 0 Å². The maximum absolute atomic E-state index is 13.9. The third-order valence-electron chi connectivity index (χ3n) is 3.39.